The Kier molecular flexibility index (Phi) is 12.7. The zero-order chi connectivity index (χ0) is 41.3. The predicted octanol–water partition coefficient (Wildman–Crippen LogP) is 9.21. The van der Waals surface area contributed by atoms with E-state index in [4.69, 9.17) is 37.6 Å². The summed E-state index contributed by atoms with van der Waals surface area (Å²) in [5.74, 6) is 4.57. The fourth-order valence-corrected chi connectivity index (χ4v) is 8.52. The molecule has 8 rings (SSSR count). The molecule has 1 spiro atoms. The molecule has 0 bridgehead atoms. The zero-order valence-electron chi connectivity index (χ0n) is 36.5. The van der Waals surface area contributed by atoms with Gasteiger partial charge in [-0.05, 0) is 103 Å². The maximum absolute atomic E-state index is 6.82. The molecule has 4 aliphatic rings. The molecule has 2 fully saturated rings. The third-order valence-electron chi connectivity index (χ3n) is 13.1. The van der Waals surface area contributed by atoms with Gasteiger partial charge in [-0.1, -0.05) is 117 Å². The van der Waals surface area contributed by atoms with Gasteiger partial charge in [-0.2, -0.15) is 0 Å². The van der Waals surface area contributed by atoms with Crippen LogP contribution in [-0.2, 0) is 24.0 Å². The first-order valence-corrected chi connectivity index (χ1v) is 22.3. The van der Waals surface area contributed by atoms with Crippen molar-refractivity contribution in [3.63, 3.8) is 0 Å². The second kappa shape index (κ2) is 18.0. The van der Waals surface area contributed by atoms with E-state index >= 15 is 0 Å². The lowest BCUT2D eigenvalue weighted by atomic mass is 9.67. The summed E-state index contributed by atoms with van der Waals surface area (Å²) in [4.78, 5) is 0. The highest BCUT2D eigenvalue weighted by molar-refractivity contribution is 6.62. The van der Waals surface area contributed by atoms with Crippen LogP contribution in [0.4, 0.5) is 0 Å². The van der Waals surface area contributed by atoms with Gasteiger partial charge in [0, 0.05) is 0 Å². The van der Waals surface area contributed by atoms with Gasteiger partial charge in [-0.15, -0.1) is 0 Å². The maximum Gasteiger partial charge on any atom is 0.494 e. The number of hydrogen-bond donors (Lipinski definition) is 0. The van der Waals surface area contributed by atoms with Crippen molar-refractivity contribution in [3.8, 4) is 45.3 Å². The lowest BCUT2D eigenvalue weighted by Gasteiger charge is -2.32. The number of fused-ring (bicyclic) bond motifs is 10. The first-order chi connectivity index (χ1) is 28.7. The summed E-state index contributed by atoms with van der Waals surface area (Å²) in [6.45, 7) is 22.4. The van der Waals surface area contributed by atoms with Crippen LogP contribution in [0.25, 0.3) is 22.3 Å². The van der Waals surface area contributed by atoms with Crippen molar-refractivity contribution in [3.05, 3.63) is 82.9 Å². The molecule has 2 aliphatic carbocycles. The van der Waals surface area contributed by atoms with Gasteiger partial charge in [0.1, 0.15) is 0 Å². The van der Waals surface area contributed by atoms with E-state index in [9.17, 15) is 0 Å². The SMILES string of the molecule is CCC(C)COc1cc2c(cc1OCC(C)CC)C1(c3cc(B4OCCO4)ccc3-c3ccc(B4OCCO4)cc31)c1cc(OCC(C)CC)c(OC[C@H](C)CC)cc1-2. The lowest BCUT2D eigenvalue weighted by Crippen LogP contribution is -2.35. The van der Waals surface area contributed by atoms with Gasteiger partial charge in [-0.25, -0.2) is 0 Å². The molecule has 59 heavy (non-hydrogen) atoms. The molecular formula is C49H62B2O8. The Labute approximate surface area is 352 Å². The first-order valence-electron chi connectivity index (χ1n) is 22.3. The third-order valence-corrected chi connectivity index (χ3v) is 13.1. The van der Waals surface area contributed by atoms with Crippen LogP contribution in [0.3, 0.4) is 0 Å². The van der Waals surface area contributed by atoms with Gasteiger partial charge in [-0.3, -0.25) is 0 Å². The summed E-state index contributed by atoms with van der Waals surface area (Å²) in [5, 5.41) is 0. The highest BCUT2D eigenvalue weighted by Gasteiger charge is 2.54. The summed E-state index contributed by atoms with van der Waals surface area (Å²) < 4.78 is 51.6. The molecule has 2 heterocycles. The van der Waals surface area contributed by atoms with E-state index < -0.39 is 19.7 Å². The van der Waals surface area contributed by atoms with Crippen LogP contribution in [0.2, 0.25) is 0 Å². The minimum absolute atomic E-state index is 0.378. The fraction of sp³-hybridized carbons (Fsp3) is 0.510. The van der Waals surface area contributed by atoms with E-state index in [1.165, 1.54) is 11.1 Å². The highest BCUT2D eigenvalue weighted by Crippen LogP contribution is 2.65. The Hall–Kier alpha value is -3.95. The summed E-state index contributed by atoms with van der Waals surface area (Å²) in [6, 6.07) is 22.4. The predicted molar refractivity (Wildman–Crippen MR) is 237 cm³/mol. The van der Waals surface area contributed by atoms with Crippen molar-refractivity contribution in [1.82, 2.24) is 0 Å². The molecule has 10 heteroatoms. The number of ether oxygens (including phenoxy) is 4. The largest absolute Gasteiger partial charge is 0.494 e. The number of hydrogen-bond acceptors (Lipinski definition) is 8. The van der Waals surface area contributed by atoms with Gasteiger partial charge in [0.25, 0.3) is 0 Å². The van der Waals surface area contributed by atoms with Gasteiger partial charge in [0.05, 0.1) is 58.3 Å². The smallest absolute Gasteiger partial charge is 0.489 e. The monoisotopic (exact) mass is 800 g/mol. The second-order valence-corrected chi connectivity index (χ2v) is 17.5. The van der Waals surface area contributed by atoms with Crippen LogP contribution in [-0.4, -0.2) is 67.1 Å². The van der Waals surface area contributed by atoms with Crippen molar-refractivity contribution in [2.24, 2.45) is 23.7 Å². The number of benzene rings is 4. The minimum atomic E-state index is -0.772. The van der Waals surface area contributed by atoms with Crippen LogP contribution in [0.1, 0.15) is 103 Å². The molecule has 4 aromatic carbocycles. The summed E-state index contributed by atoms with van der Waals surface area (Å²) in [5.41, 5.74) is 10.3. The molecule has 4 atom stereocenters. The van der Waals surface area contributed by atoms with Gasteiger partial charge >= 0.3 is 14.2 Å². The van der Waals surface area contributed by atoms with Crippen LogP contribution in [0.5, 0.6) is 23.0 Å². The van der Waals surface area contributed by atoms with Crippen LogP contribution in [0, 0.1) is 23.7 Å². The van der Waals surface area contributed by atoms with E-state index in [1.807, 2.05) is 0 Å². The normalized spacial score (nSPS) is 18.0. The zero-order valence-corrected chi connectivity index (χ0v) is 36.5. The van der Waals surface area contributed by atoms with Crippen molar-refractivity contribution < 1.29 is 37.6 Å². The average molecular weight is 801 g/mol. The summed E-state index contributed by atoms with van der Waals surface area (Å²) in [7, 11) is -0.873. The average Bonchev–Trinajstić information content (AvgIpc) is 4.10. The molecule has 2 saturated heterocycles. The summed E-state index contributed by atoms with van der Waals surface area (Å²) in [6.07, 6.45) is 4.09. The standard InChI is InChI=1S/C49H62B2O8/c1-9-31(5)27-52-45-23-39-40-24-46(53-28-32(6)10-2)48(55-30-34(8)12-4)26-44(40)49(43(39)25-47(45)54-29-33(7)11-3)41-21-35(50-56-17-18-57-50)13-15-37(41)38-16-14-36(22-42(38)49)51-58-19-20-59-51/h13-16,21-26,31-34H,9-12,17-20,27-30H2,1-8H3/t31-,32?,33?,34?/m1/s1. The quantitative estimate of drug-likeness (QED) is 0.0798. The molecular weight excluding hydrogens is 738 g/mol. The Morgan fingerprint density at radius 2 is 0.746 bits per heavy atom. The van der Waals surface area contributed by atoms with E-state index in [0.717, 1.165) is 93.0 Å². The third kappa shape index (κ3) is 7.91. The summed E-state index contributed by atoms with van der Waals surface area (Å²) >= 11 is 0. The van der Waals surface area contributed by atoms with E-state index in [-0.39, 0.29) is 0 Å². The maximum atomic E-state index is 6.82. The Balaban J connectivity index is 1.43. The molecule has 0 radical (unpaired) electrons. The molecule has 0 N–H and O–H groups in total. The molecule has 312 valence electrons. The van der Waals surface area contributed by atoms with E-state index in [2.05, 4.69) is 116 Å². The Morgan fingerprint density at radius 3 is 1.07 bits per heavy atom. The van der Waals surface area contributed by atoms with Crippen LogP contribution in [0.15, 0.2) is 60.7 Å². The number of rotatable bonds is 18. The van der Waals surface area contributed by atoms with E-state index in [0.29, 0.717) is 76.5 Å². The van der Waals surface area contributed by atoms with Crippen molar-refractivity contribution in [1.29, 1.82) is 0 Å². The van der Waals surface area contributed by atoms with Gasteiger partial charge in [0.2, 0.25) is 0 Å². The fourth-order valence-electron chi connectivity index (χ4n) is 8.52. The van der Waals surface area contributed by atoms with Crippen molar-refractivity contribution in [2.45, 2.75) is 86.5 Å². The van der Waals surface area contributed by atoms with E-state index in [1.54, 1.807) is 0 Å². The first kappa shape index (κ1) is 41.8. The Bertz CT molecular complexity index is 1960. The van der Waals surface area contributed by atoms with Gasteiger partial charge < -0.3 is 37.6 Å². The van der Waals surface area contributed by atoms with Crippen molar-refractivity contribution >= 4 is 25.2 Å². The van der Waals surface area contributed by atoms with Crippen molar-refractivity contribution in [2.75, 3.05) is 52.9 Å². The molecule has 2 aliphatic heterocycles. The molecule has 3 unspecified atom stereocenters. The highest BCUT2D eigenvalue weighted by atomic mass is 16.6. The molecule has 0 amide bonds. The topological polar surface area (TPSA) is 73.8 Å². The molecule has 0 saturated carbocycles. The van der Waals surface area contributed by atoms with Crippen LogP contribution < -0.4 is 29.9 Å². The lowest BCUT2D eigenvalue weighted by molar-refractivity contribution is 0.217. The van der Waals surface area contributed by atoms with Crippen LogP contribution >= 0.6 is 0 Å². The second-order valence-electron chi connectivity index (χ2n) is 17.5. The molecule has 8 nitrogen and oxygen atoms in total. The molecule has 0 aromatic heterocycles. The van der Waals surface area contributed by atoms with Gasteiger partial charge in [0.15, 0.2) is 23.0 Å². The molecule has 4 aromatic rings. The Morgan fingerprint density at radius 1 is 0.441 bits per heavy atom. The minimum Gasteiger partial charge on any atom is -0.489 e.